The maximum atomic E-state index is 11.2. The number of hydrogen-bond donors (Lipinski definition) is 1. The van der Waals surface area contributed by atoms with E-state index in [2.05, 4.69) is 0 Å². The van der Waals surface area contributed by atoms with Crippen LogP contribution in [-0.4, -0.2) is 23.1 Å². The van der Waals surface area contributed by atoms with Gasteiger partial charge in [0.25, 0.3) is 0 Å². The summed E-state index contributed by atoms with van der Waals surface area (Å²) in [5, 5.41) is 8.36. The number of ether oxygens (including phenoxy) is 1. The highest BCUT2D eigenvalue weighted by atomic mass is 16.5. The second-order valence-corrected chi connectivity index (χ2v) is 4.08. The average molecular weight is 226 g/mol. The summed E-state index contributed by atoms with van der Waals surface area (Å²) in [5.74, 6) is -1.68. The van der Waals surface area contributed by atoms with Crippen LogP contribution in [0.15, 0.2) is 12.2 Å². The Hall–Kier alpha value is -1.32. The molecule has 0 aromatic rings. The summed E-state index contributed by atoms with van der Waals surface area (Å²) >= 11 is 0. The molecule has 0 amide bonds. The number of aliphatic carboxylic acids is 1. The molecule has 1 aliphatic carbocycles. The van der Waals surface area contributed by atoms with Crippen LogP contribution in [0.3, 0.4) is 0 Å². The molecule has 0 aromatic carbocycles. The summed E-state index contributed by atoms with van der Waals surface area (Å²) in [4.78, 5) is 21.4. The van der Waals surface area contributed by atoms with E-state index in [1.54, 1.807) is 0 Å². The van der Waals surface area contributed by atoms with Crippen LogP contribution in [0.5, 0.6) is 0 Å². The number of carboxylic acid groups (broad SMARTS) is 1. The summed E-state index contributed by atoms with van der Waals surface area (Å²) in [5.41, 5.74) is 0. The first-order valence-electron chi connectivity index (χ1n) is 5.80. The lowest BCUT2D eigenvalue weighted by Gasteiger charge is -2.19. The second kappa shape index (κ2) is 7.04. The number of esters is 1. The van der Waals surface area contributed by atoms with E-state index < -0.39 is 11.9 Å². The van der Waals surface area contributed by atoms with Gasteiger partial charge in [0.1, 0.15) is 6.10 Å². The van der Waals surface area contributed by atoms with E-state index in [9.17, 15) is 9.59 Å². The minimum absolute atomic E-state index is 0.0359. The Morgan fingerprint density at radius 1 is 1.00 bits per heavy atom. The smallest absolute Gasteiger partial charge is 0.331 e. The van der Waals surface area contributed by atoms with Gasteiger partial charge in [0.05, 0.1) is 0 Å². The standard InChI is InChI=1S/C12H18O4/c13-11(14)8-9-12(15)16-10-6-4-2-1-3-5-7-10/h8-10H,1-7H2,(H,13,14)/b9-8-. The van der Waals surface area contributed by atoms with Crippen LogP contribution in [0.4, 0.5) is 0 Å². The van der Waals surface area contributed by atoms with E-state index in [1.165, 1.54) is 19.3 Å². The van der Waals surface area contributed by atoms with Gasteiger partial charge in [-0.15, -0.1) is 0 Å². The Balaban J connectivity index is 2.33. The quantitative estimate of drug-likeness (QED) is 0.592. The van der Waals surface area contributed by atoms with Crippen molar-refractivity contribution in [3.05, 3.63) is 12.2 Å². The maximum absolute atomic E-state index is 11.2. The number of hydrogen-bond acceptors (Lipinski definition) is 3. The first-order valence-corrected chi connectivity index (χ1v) is 5.80. The Bertz CT molecular complexity index is 262. The zero-order valence-electron chi connectivity index (χ0n) is 9.35. The van der Waals surface area contributed by atoms with Crippen molar-refractivity contribution in [3.63, 3.8) is 0 Å². The first kappa shape index (κ1) is 12.7. The topological polar surface area (TPSA) is 63.6 Å². The molecule has 0 aliphatic heterocycles. The third-order valence-electron chi connectivity index (χ3n) is 2.70. The Morgan fingerprint density at radius 3 is 2.12 bits per heavy atom. The van der Waals surface area contributed by atoms with Gasteiger partial charge in [0.2, 0.25) is 0 Å². The molecule has 0 spiro atoms. The van der Waals surface area contributed by atoms with Crippen LogP contribution in [0.25, 0.3) is 0 Å². The third-order valence-corrected chi connectivity index (χ3v) is 2.70. The van der Waals surface area contributed by atoms with E-state index >= 15 is 0 Å². The lowest BCUT2D eigenvalue weighted by molar-refractivity contribution is -0.144. The molecule has 0 atom stereocenters. The molecule has 0 unspecified atom stereocenters. The third kappa shape index (κ3) is 5.53. The van der Waals surface area contributed by atoms with Crippen LogP contribution < -0.4 is 0 Å². The lowest BCUT2D eigenvalue weighted by Crippen LogP contribution is -2.18. The molecule has 1 fully saturated rings. The van der Waals surface area contributed by atoms with Gasteiger partial charge in [-0.3, -0.25) is 0 Å². The maximum Gasteiger partial charge on any atom is 0.331 e. The zero-order valence-corrected chi connectivity index (χ0v) is 9.35. The fourth-order valence-corrected chi connectivity index (χ4v) is 1.88. The van der Waals surface area contributed by atoms with E-state index in [-0.39, 0.29) is 6.10 Å². The van der Waals surface area contributed by atoms with Crippen molar-refractivity contribution >= 4 is 11.9 Å². The molecule has 1 rings (SSSR count). The number of carbonyl (C=O) groups is 2. The van der Waals surface area contributed by atoms with Gasteiger partial charge in [-0.2, -0.15) is 0 Å². The van der Waals surface area contributed by atoms with Gasteiger partial charge in [-0.05, 0) is 25.7 Å². The molecule has 0 saturated heterocycles. The van der Waals surface area contributed by atoms with Gasteiger partial charge < -0.3 is 9.84 Å². The van der Waals surface area contributed by atoms with Crippen molar-refractivity contribution in [2.45, 2.75) is 51.0 Å². The van der Waals surface area contributed by atoms with Gasteiger partial charge >= 0.3 is 11.9 Å². The SMILES string of the molecule is O=C(O)/C=C\C(=O)OC1CCCCCCC1. The minimum Gasteiger partial charge on any atom is -0.478 e. The highest BCUT2D eigenvalue weighted by Crippen LogP contribution is 2.19. The second-order valence-electron chi connectivity index (χ2n) is 4.08. The van der Waals surface area contributed by atoms with E-state index in [0.29, 0.717) is 0 Å². The molecule has 1 N–H and O–H groups in total. The zero-order chi connectivity index (χ0) is 11.8. The minimum atomic E-state index is -1.13. The van der Waals surface area contributed by atoms with Crippen LogP contribution in [0.1, 0.15) is 44.9 Å². The fourth-order valence-electron chi connectivity index (χ4n) is 1.88. The molecule has 4 heteroatoms. The van der Waals surface area contributed by atoms with Crippen LogP contribution in [-0.2, 0) is 14.3 Å². The molecule has 90 valence electrons. The van der Waals surface area contributed by atoms with Crippen LogP contribution in [0.2, 0.25) is 0 Å². The van der Waals surface area contributed by atoms with Gasteiger partial charge in [-0.1, -0.05) is 19.3 Å². The van der Waals surface area contributed by atoms with Crippen molar-refractivity contribution in [2.24, 2.45) is 0 Å². The van der Waals surface area contributed by atoms with Gasteiger partial charge in [-0.25, -0.2) is 9.59 Å². The Labute approximate surface area is 95.3 Å². The molecule has 4 nitrogen and oxygen atoms in total. The highest BCUT2D eigenvalue weighted by Gasteiger charge is 2.14. The predicted octanol–water partition coefficient (Wildman–Crippen LogP) is 2.28. The van der Waals surface area contributed by atoms with Gasteiger partial charge in [0.15, 0.2) is 0 Å². The van der Waals surface area contributed by atoms with E-state index in [1.807, 2.05) is 0 Å². The molecule has 0 aromatic heterocycles. The van der Waals surface area contributed by atoms with Crippen LogP contribution in [0, 0.1) is 0 Å². The molecule has 0 heterocycles. The predicted molar refractivity (Wildman–Crippen MR) is 59.0 cm³/mol. The monoisotopic (exact) mass is 226 g/mol. The van der Waals surface area contributed by atoms with E-state index in [4.69, 9.17) is 9.84 Å². The van der Waals surface area contributed by atoms with Crippen molar-refractivity contribution < 1.29 is 19.4 Å². The molecular formula is C12H18O4. The average Bonchev–Trinajstić information content (AvgIpc) is 2.19. The highest BCUT2D eigenvalue weighted by molar-refractivity contribution is 5.90. The number of carboxylic acids is 1. The van der Waals surface area contributed by atoms with Crippen molar-refractivity contribution in [1.82, 2.24) is 0 Å². The summed E-state index contributed by atoms with van der Waals surface area (Å²) in [6, 6.07) is 0. The molecule has 1 saturated carbocycles. The van der Waals surface area contributed by atoms with Crippen molar-refractivity contribution in [1.29, 1.82) is 0 Å². The van der Waals surface area contributed by atoms with Crippen molar-refractivity contribution in [3.8, 4) is 0 Å². The summed E-state index contributed by atoms with van der Waals surface area (Å²) in [6.07, 6.45) is 9.36. The normalized spacial score (nSPS) is 19.0. The lowest BCUT2D eigenvalue weighted by atomic mass is 9.99. The van der Waals surface area contributed by atoms with E-state index in [0.717, 1.165) is 37.8 Å². The molecule has 0 radical (unpaired) electrons. The summed E-state index contributed by atoms with van der Waals surface area (Å²) < 4.78 is 5.19. The van der Waals surface area contributed by atoms with Crippen LogP contribution >= 0.6 is 0 Å². The summed E-state index contributed by atoms with van der Waals surface area (Å²) in [6.45, 7) is 0. The Morgan fingerprint density at radius 2 is 1.56 bits per heavy atom. The molecule has 0 bridgehead atoms. The molecule has 16 heavy (non-hydrogen) atoms. The van der Waals surface area contributed by atoms with Gasteiger partial charge in [0, 0.05) is 12.2 Å². The molecular weight excluding hydrogens is 208 g/mol. The number of rotatable bonds is 3. The largest absolute Gasteiger partial charge is 0.478 e. The first-order chi connectivity index (χ1) is 7.68. The fraction of sp³-hybridized carbons (Fsp3) is 0.667. The number of carbonyl (C=O) groups excluding carboxylic acids is 1. The Kier molecular flexibility index (Phi) is 5.61. The molecule has 1 aliphatic rings. The van der Waals surface area contributed by atoms with Crippen molar-refractivity contribution in [2.75, 3.05) is 0 Å². The summed E-state index contributed by atoms with van der Waals surface area (Å²) in [7, 11) is 0.